The first-order chi connectivity index (χ1) is 11.4. The van der Waals surface area contributed by atoms with Crippen molar-refractivity contribution < 1.29 is 18.0 Å². The molecule has 1 amide bonds. The van der Waals surface area contributed by atoms with Gasteiger partial charge in [0.05, 0.1) is 5.52 Å². The fourth-order valence-electron chi connectivity index (χ4n) is 2.17. The van der Waals surface area contributed by atoms with Crippen molar-refractivity contribution in [2.45, 2.75) is 12.6 Å². The number of aromatic nitrogens is 4. The summed E-state index contributed by atoms with van der Waals surface area (Å²) < 4.78 is 39.4. The third kappa shape index (κ3) is 3.34. The zero-order chi connectivity index (χ0) is 17.2. The van der Waals surface area contributed by atoms with E-state index in [0.717, 1.165) is 12.3 Å². The van der Waals surface area contributed by atoms with Crippen LogP contribution in [0.1, 0.15) is 22.0 Å². The van der Waals surface area contributed by atoms with Gasteiger partial charge in [0.15, 0.2) is 5.69 Å². The molecule has 124 valence electrons. The van der Waals surface area contributed by atoms with Crippen LogP contribution in [0.5, 0.6) is 0 Å². The molecule has 0 radical (unpaired) electrons. The molecule has 0 atom stereocenters. The Bertz CT molecular complexity index is 875. The van der Waals surface area contributed by atoms with E-state index < -0.39 is 17.8 Å². The van der Waals surface area contributed by atoms with Crippen molar-refractivity contribution in [1.29, 1.82) is 0 Å². The SMILES string of the molecule is O=C(NCCc1nccc(C(F)(F)F)n1)c1ncn2ccccc12. The number of carbonyl (C=O) groups is 1. The maximum atomic E-state index is 12.6. The van der Waals surface area contributed by atoms with E-state index in [0.29, 0.717) is 5.52 Å². The number of halogens is 3. The molecule has 3 rings (SSSR count). The highest BCUT2D eigenvalue weighted by Crippen LogP contribution is 2.26. The number of nitrogens with one attached hydrogen (secondary N) is 1. The monoisotopic (exact) mass is 335 g/mol. The van der Waals surface area contributed by atoms with Crippen molar-refractivity contribution >= 4 is 11.4 Å². The quantitative estimate of drug-likeness (QED) is 0.793. The van der Waals surface area contributed by atoms with Crippen molar-refractivity contribution in [3.05, 3.63) is 60.2 Å². The summed E-state index contributed by atoms with van der Waals surface area (Å²) in [7, 11) is 0. The molecule has 0 bridgehead atoms. The minimum Gasteiger partial charge on any atom is -0.350 e. The Labute approximate surface area is 134 Å². The predicted molar refractivity (Wildman–Crippen MR) is 78.3 cm³/mol. The predicted octanol–water partition coefficient (Wildman–Crippen LogP) is 2.12. The molecule has 6 nitrogen and oxygen atoms in total. The van der Waals surface area contributed by atoms with E-state index in [2.05, 4.69) is 20.3 Å². The average Bonchev–Trinajstić information content (AvgIpc) is 2.98. The Kier molecular flexibility index (Phi) is 4.15. The minimum absolute atomic E-state index is 0.0137. The average molecular weight is 335 g/mol. The number of fused-ring (bicyclic) bond motifs is 1. The lowest BCUT2D eigenvalue weighted by Gasteiger charge is -2.07. The largest absolute Gasteiger partial charge is 0.433 e. The molecule has 0 fully saturated rings. The standard InChI is InChI=1S/C15H12F3N5O/c16-15(17,18)11-4-6-19-12(22-11)5-7-20-14(24)13-10-3-1-2-8-23(10)9-21-13/h1-4,6,8-9H,5,7H2,(H,20,24). The Morgan fingerprint density at radius 1 is 1.21 bits per heavy atom. The molecule has 0 unspecified atom stereocenters. The molecule has 3 aromatic heterocycles. The molecule has 1 N–H and O–H groups in total. The summed E-state index contributed by atoms with van der Waals surface area (Å²) in [6.45, 7) is 0.103. The van der Waals surface area contributed by atoms with E-state index in [-0.39, 0.29) is 24.5 Å². The molecule has 0 aliphatic rings. The maximum Gasteiger partial charge on any atom is 0.433 e. The van der Waals surface area contributed by atoms with Gasteiger partial charge in [-0.2, -0.15) is 13.2 Å². The molecule has 0 spiro atoms. The summed E-state index contributed by atoms with van der Waals surface area (Å²) in [5.41, 5.74) is -0.107. The van der Waals surface area contributed by atoms with Gasteiger partial charge in [0, 0.05) is 25.4 Å². The van der Waals surface area contributed by atoms with Crippen LogP contribution in [0, 0.1) is 0 Å². The summed E-state index contributed by atoms with van der Waals surface area (Å²) in [6.07, 6.45) is -0.108. The van der Waals surface area contributed by atoms with Gasteiger partial charge < -0.3 is 9.72 Å². The van der Waals surface area contributed by atoms with Gasteiger partial charge in [-0.3, -0.25) is 4.79 Å². The fourth-order valence-corrected chi connectivity index (χ4v) is 2.17. The second-order valence-electron chi connectivity index (χ2n) is 4.95. The van der Waals surface area contributed by atoms with Gasteiger partial charge in [0.2, 0.25) is 0 Å². The van der Waals surface area contributed by atoms with Crippen LogP contribution in [0.2, 0.25) is 0 Å². The zero-order valence-corrected chi connectivity index (χ0v) is 12.3. The van der Waals surface area contributed by atoms with Crippen molar-refractivity contribution in [2.75, 3.05) is 6.54 Å². The van der Waals surface area contributed by atoms with Crippen LogP contribution in [0.25, 0.3) is 5.52 Å². The van der Waals surface area contributed by atoms with Crippen molar-refractivity contribution in [1.82, 2.24) is 24.7 Å². The first-order valence-corrected chi connectivity index (χ1v) is 7.04. The van der Waals surface area contributed by atoms with Crippen molar-refractivity contribution in [2.24, 2.45) is 0 Å². The maximum absolute atomic E-state index is 12.6. The molecular formula is C15H12F3N5O. The van der Waals surface area contributed by atoms with E-state index in [9.17, 15) is 18.0 Å². The summed E-state index contributed by atoms with van der Waals surface area (Å²) in [4.78, 5) is 23.4. The Hall–Kier alpha value is -2.97. The highest BCUT2D eigenvalue weighted by Gasteiger charge is 2.32. The summed E-state index contributed by atoms with van der Waals surface area (Å²) in [5, 5.41) is 2.61. The van der Waals surface area contributed by atoms with E-state index in [4.69, 9.17) is 0 Å². The number of hydrogen-bond acceptors (Lipinski definition) is 4. The molecule has 9 heteroatoms. The van der Waals surface area contributed by atoms with Gasteiger partial charge in [0.25, 0.3) is 5.91 Å². The second kappa shape index (κ2) is 6.26. The number of imidazole rings is 1. The smallest absolute Gasteiger partial charge is 0.350 e. The fraction of sp³-hybridized carbons (Fsp3) is 0.200. The molecule has 0 aromatic carbocycles. The van der Waals surface area contributed by atoms with E-state index in [1.54, 1.807) is 28.8 Å². The van der Waals surface area contributed by atoms with Crippen LogP contribution in [-0.2, 0) is 12.6 Å². The van der Waals surface area contributed by atoms with Crippen molar-refractivity contribution in [3.8, 4) is 0 Å². The number of alkyl halides is 3. The zero-order valence-electron chi connectivity index (χ0n) is 12.3. The summed E-state index contributed by atoms with van der Waals surface area (Å²) in [5.74, 6) is -0.393. The van der Waals surface area contributed by atoms with Crippen LogP contribution in [0.4, 0.5) is 13.2 Å². The van der Waals surface area contributed by atoms with E-state index in [1.165, 1.54) is 6.33 Å². The molecule has 3 aromatic rings. The topological polar surface area (TPSA) is 72.2 Å². The van der Waals surface area contributed by atoms with Gasteiger partial charge >= 0.3 is 6.18 Å². The van der Waals surface area contributed by atoms with Gasteiger partial charge in [-0.05, 0) is 18.2 Å². The molecule has 0 saturated carbocycles. The third-order valence-corrected chi connectivity index (χ3v) is 3.29. The van der Waals surface area contributed by atoms with Gasteiger partial charge in [-0.15, -0.1) is 0 Å². The Morgan fingerprint density at radius 2 is 2.04 bits per heavy atom. The number of rotatable bonds is 4. The van der Waals surface area contributed by atoms with Crippen LogP contribution in [-0.4, -0.2) is 31.8 Å². The molecule has 0 aliphatic carbocycles. The highest BCUT2D eigenvalue weighted by molar-refractivity contribution is 5.98. The number of nitrogens with zero attached hydrogens (tertiary/aromatic N) is 4. The number of pyridine rings is 1. The van der Waals surface area contributed by atoms with Crippen LogP contribution >= 0.6 is 0 Å². The lowest BCUT2D eigenvalue weighted by atomic mass is 10.3. The van der Waals surface area contributed by atoms with Gasteiger partial charge in [0.1, 0.15) is 17.8 Å². The first-order valence-electron chi connectivity index (χ1n) is 7.04. The Balaban J connectivity index is 1.63. The molecule has 0 saturated heterocycles. The number of hydrogen-bond donors (Lipinski definition) is 1. The highest BCUT2D eigenvalue weighted by atomic mass is 19.4. The van der Waals surface area contributed by atoms with Crippen molar-refractivity contribution in [3.63, 3.8) is 0 Å². The first kappa shape index (κ1) is 15.9. The normalized spacial score (nSPS) is 11.6. The van der Waals surface area contributed by atoms with Crippen LogP contribution in [0.15, 0.2) is 43.0 Å². The lowest BCUT2D eigenvalue weighted by Crippen LogP contribution is -2.27. The third-order valence-electron chi connectivity index (χ3n) is 3.29. The summed E-state index contributed by atoms with van der Waals surface area (Å²) >= 11 is 0. The van der Waals surface area contributed by atoms with Crippen LogP contribution in [0.3, 0.4) is 0 Å². The van der Waals surface area contributed by atoms with Gasteiger partial charge in [-0.1, -0.05) is 6.07 Å². The molecular weight excluding hydrogens is 323 g/mol. The van der Waals surface area contributed by atoms with E-state index in [1.807, 2.05) is 0 Å². The minimum atomic E-state index is -4.52. The molecule has 24 heavy (non-hydrogen) atoms. The molecule has 0 aliphatic heterocycles. The number of carbonyl (C=O) groups excluding carboxylic acids is 1. The second-order valence-corrected chi connectivity index (χ2v) is 4.95. The van der Waals surface area contributed by atoms with E-state index >= 15 is 0 Å². The Morgan fingerprint density at radius 3 is 2.83 bits per heavy atom. The van der Waals surface area contributed by atoms with Crippen LogP contribution < -0.4 is 5.32 Å². The lowest BCUT2D eigenvalue weighted by molar-refractivity contribution is -0.141. The number of amides is 1. The van der Waals surface area contributed by atoms with Gasteiger partial charge in [-0.25, -0.2) is 15.0 Å². The molecule has 3 heterocycles. The summed E-state index contributed by atoms with van der Waals surface area (Å²) in [6, 6.07) is 6.14.